The van der Waals surface area contributed by atoms with E-state index in [1.165, 1.54) is 12.1 Å². The van der Waals surface area contributed by atoms with Gasteiger partial charge in [-0.05, 0) is 26.0 Å². The van der Waals surface area contributed by atoms with Crippen LogP contribution in [0, 0.1) is 21.4 Å². The number of nitriles is 1. The van der Waals surface area contributed by atoms with Gasteiger partial charge >= 0.3 is 0 Å². The van der Waals surface area contributed by atoms with Gasteiger partial charge < -0.3 is 4.90 Å². The Labute approximate surface area is 128 Å². The third-order valence-corrected chi connectivity index (χ3v) is 4.05. The van der Waals surface area contributed by atoms with Crippen LogP contribution < -0.4 is 4.90 Å². The minimum absolute atomic E-state index is 0.0624. The van der Waals surface area contributed by atoms with Crippen LogP contribution in [0.15, 0.2) is 18.2 Å². The van der Waals surface area contributed by atoms with Gasteiger partial charge in [0, 0.05) is 37.3 Å². The number of nitro benzene ring substituents is 1. The van der Waals surface area contributed by atoms with E-state index in [2.05, 4.69) is 11.0 Å². The van der Waals surface area contributed by atoms with Crippen molar-refractivity contribution in [2.24, 2.45) is 0 Å². The van der Waals surface area contributed by atoms with Crippen LogP contribution in [0.1, 0.15) is 13.8 Å². The molecule has 6 nitrogen and oxygen atoms in total. The number of hydrogen-bond donors (Lipinski definition) is 0. The molecular formula is C14H17ClN4O2. The summed E-state index contributed by atoms with van der Waals surface area (Å²) in [6, 6.07) is 6.87. The molecule has 0 atom stereocenters. The first-order valence-corrected chi connectivity index (χ1v) is 7.08. The maximum atomic E-state index is 11.1. The fraction of sp³-hybridized carbons (Fsp3) is 0.500. The molecule has 1 aromatic rings. The van der Waals surface area contributed by atoms with Gasteiger partial charge in [-0.3, -0.25) is 15.0 Å². The number of nitro groups is 1. The van der Waals surface area contributed by atoms with E-state index in [1.807, 2.05) is 18.7 Å². The van der Waals surface area contributed by atoms with Crippen LogP contribution in [0.4, 0.5) is 11.4 Å². The van der Waals surface area contributed by atoms with Crippen molar-refractivity contribution in [2.45, 2.75) is 19.4 Å². The number of nitrogens with zero attached hydrogens (tertiary/aromatic N) is 4. The van der Waals surface area contributed by atoms with E-state index in [0.29, 0.717) is 36.9 Å². The van der Waals surface area contributed by atoms with Crippen molar-refractivity contribution in [1.29, 1.82) is 5.26 Å². The molecular weight excluding hydrogens is 292 g/mol. The number of hydrogen-bond acceptors (Lipinski definition) is 5. The summed E-state index contributed by atoms with van der Waals surface area (Å²) in [5.74, 6) is 0. The van der Waals surface area contributed by atoms with E-state index < -0.39 is 10.5 Å². The van der Waals surface area contributed by atoms with Crippen LogP contribution in [0.25, 0.3) is 0 Å². The van der Waals surface area contributed by atoms with E-state index in [0.717, 1.165) is 0 Å². The van der Waals surface area contributed by atoms with Crippen LogP contribution in [0.3, 0.4) is 0 Å². The topological polar surface area (TPSA) is 73.4 Å². The molecule has 1 aromatic carbocycles. The first-order valence-electron chi connectivity index (χ1n) is 6.70. The van der Waals surface area contributed by atoms with Crippen molar-refractivity contribution in [3.05, 3.63) is 33.3 Å². The minimum Gasteiger partial charge on any atom is -0.363 e. The fourth-order valence-corrected chi connectivity index (χ4v) is 2.65. The Morgan fingerprint density at radius 2 is 1.95 bits per heavy atom. The van der Waals surface area contributed by atoms with Gasteiger partial charge in [0.25, 0.3) is 5.69 Å². The molecule has 1 saturated heterocycles. The molecule has 0 saturated carbocycles. The summed E-state index contributed by atoms with van der Waals surface area (Å²) in [5, 5.41) is 20.8. The molecule has 1 heterocycles. The summed E-state index contributed by atoms with van der Waals surface area (Å²) in [7, 11) is 0. The summed E-state index contributed by atoms with van der Waals surface area (Å²) >= 11 is 5.96. The summed E-state index contributed by atoms with van der Waals surface area (Å²) in [4.78, 5) is 14.8. The Kier molecular flexibility index (Phi) is 4.35. The van der Waals surface area contributed by atoms with Gasteiger partial charge in [0.1, 0.15) is 11.2 Å². The first-order chi connectivity index (χ1) is 9.85. The lowest BCUT2D eigenvalue weighted by molar-refractivity contribution is -0.384. The predicted molar refractivity (Wildman–Crippen MR) is 81.6 cm³/mol. The van der Waals surface area contributed by atoms with Gasteiger partial charge in [-0.25, -0.2) is 0 Å². The third-order valence-electron chi connectivity index (χ3n) is 3.82. The van der Waals surface area contributed by atoms with E-state index in [-0.39, 0.29) is 5.69 Å². The van der Waals surface area contributed by atoms with Crippen molar-refractivity contribution in [2.75, 3.05) is 31.1 Å². The molecule has 21 heavy (non-hydrogen) atoms. The lowest BCUT2D eigenvalue weighted by Crippen LogP contribution is -2.54. The maximum absolute atomic E-state index is 11.1. The highest BCUT2D eigenvalue weighted by atomic mass is 35.5. The first kappa shape index (κ1) is 15.5. The molecule has 7 heteroatoms. The van der Waals surface area contributed by atoms with E-state index in [1.54, 1.807) is 6.07 Å². The quantitative estimate of drug-likeness (QED) is 0.634. The second-order valence-electron chi connectivity index (χ2n) is 5.54. The van der Waals surface area contributed by atoms with Crippen LogP contribution >= 0.6 is 11.6 Å². The second-order valence-corrected chi connectivity index (χ2v) is 5.97. The summed E-state index contributed by atoms with van der Waals surface area (Å²) in [6.45, 7) is 6.39. The molecule has 1 aliphatic rings. The van der Waals surface area contributed by atoms with E-state index in [4.69, 9.17) is 11.6 Å². The van der Waals surface area contributed by atoms with E-state index >= 15 is 0 Å². The van der Waals surface area contributed by atoms with Gasteiger partial charge in [-0.15, -0.1) is 0 Å². The lowest BCUT2D eigenvalue weighted by Gasteiger charge is -2.41. The van der Waals surface area contributed by atoms with E-state index in [9.17, 15) is 15.4 Å². The minimum atomic E-state index is -0.521. The van der Waals surface area contributed by atoms with Gasteiger partial charge in [0.15, 0.2) is 0 Å². The van der Waals surface area contributed by atoms with Gasteiger partial charge in [-0.2, -0.15) is 5.26 Å². The molecule has 0 aromatic heterocycles. The Hall–Kier alpha value is -1.84. The number of benzene rings is 1. The van der Waals surface area contributed by atoms with Gasteiger partial charge in [-0.1, -0.05) is 11.6 Å². The van der Waals surface area contributed by atoms with Crippen LogP contribution in [0.2, 0.25) is 5.02 Å². The predicted octanol–water partition coefficient (Wildman–Crippen LogP) is 2.67. The average molecular weight is 309 g/mol. The smallest absolute Gasteiger partial charge is 0.292 e. The largest absolute Gasteiger partial charge is 0.363 e. The molecule has 112 valence electrons. The van der Waals surface area contributed by atoms with Crippen molar-refractivity contribution >= 4 is 23.0 Å². The highest BCUT2D eigenvalue weighted by Crippen LogP contribution is 2.32. The zero-order valence-corrected chi connectivity index (χ0v) is 12.8. The Balaban J connectivity index is 2.18. The summed E-state index contributed by atoms with van der Waals surface area (Å²) in [5.41, 5.74) is 0.0844. The number of piperazine rings is 1. The lowest BCUT2D eigenvalue weighted by atomic mass is 10.0. The molecule has 2 rings (SSSR count). The maximum Gasteiger partial charge on any atom is 0.292 e. The zero-order valence-electron chi connectivity index (χ0n) is 12.0. The van der Waals surface area contributed by atoms with Crippen molar-refractivity contribution in [3.63, 3.8) is 0 Å². The van der Waals surface area contributed by atoms with Crippen molar-refractivity contribution in [3.8, 4) is 6.07 Å². The normalized spacial score (nSPS) is 16.6. The fourth-order valence-electron chi connectivity index (χ4n) is 2.48. The van der Waals surface area contributed by atoms with Crippen LogP contribution in [-0.2, 0) is 0 Å². The molecule has 0 bridgehead atoms. The molecule has 0 amide bonds. The average Bonchev–Trinajstić information content (AvgIpc) is 2.47. The molecule has 1 fully saturated rings. The molecule has 1 aliphatic heterocycles. The molecule has 0 aliphatic carbocycles. The molecule has 0 N–H and O–H groups in total. The number of halogens is 1. The van der Waals surface area contributed by atoms with Gasteiger partial charge in [0.2, 0.25) is 0 Å². The standard InChI is InChI=1S/C14H17ClN4O2/c1-14(2,10-16)18-7-5-17(6-8-18)13-9-11(15)3-4-12(13)19(20)21/h3-4,9H,5-8H2,1-2H3. The number of rotatable bonds is 3. The SMILES string of the molecule is CC(C)(C#N)N1CCN(c2cc(Cl)ccc2[N+](=O)[O-])CC1. The Bertz CT molecular complexity index is 589. The van der Waals surface area contributed by atoms with Crippen molar-refractivity contribution in [1.82, 2.24) is 4.90 Å². The second kappa shape index (κ2) is 5.88. The van der Waals surface area contributed by atoms with Crippen LogP contribution in [0.5, 0.6) is 0 Å². The molecule has 0 spiro atoms. The van der Waals surface area contributed by atoms with Gasteiger partial charge in [0.05, 0.1) is 11.0 Å². The number of anilines is 1. The zero-order chi connectivity index (χ0) is 15.6. The summed E-state index contributed by atoms with van der Waals surface area (Å²) < 4.78 is 0. The Morgan fingerprint density at radius 3 is 2.48 bits per heavy atom. The molecule has 0 radical (unpaired) electrons. The third kappa shape index (κ3) is 3.26. The highest BCUT2D eigenvalue weighted by molar-refractivity contribution is 6.31. The monoisotopic (exact) mass is 308 g/mol. The summed E-state index contributed by atoms with van der Waals surface area (Å²) in [6.07, 6.45) is 0. The highest BCUT2D eigenvalue weighted by Gasteiger charge is 2.31. The van der Waals surface area contributed by atoms with Crippen molar-refractivity contribution < 1.29 is 4.92 Å². The Morgan fingerprint density at radius 1 is 1.33 bits per heavy atom. The van der Waals surface area contributed by atoms with Crippen LogP contribution in [-0.4, -0.2) is 41.5 Å². The molecule has 0 unspecified atom stereocenters.